The molecule has 0 amide bonds. The SMILES string of the molecule is COCC1CCN(CCCCC(C)(O)CN)CC1. The maximum atomic E-state index is 9.80. The van der Waals surface area contributed by atoms with Crippen LogP contribution in [0.15, 0.2) is 0 Å². The minimum atomic E-state index is -0.675. The lowest BCUT2D eigenvalue weighted by Crippen LogP contribution is -2.36. The predicted octanol–water partition coefficient (Wildman–Crippen LogP) is 1.22. The predicted molar refractivity (Wildman–Crippen MR) is 74.6 cm³/mol. The standard InChI is InChI=1S/C14H30N2O2/c1-14(17,12-15)7-3-4-8-16-9-5-13(6-10-16)11-18-2/h13,17H,3-12,15H2,1-2H3. The lowest BCUT2D eigenvalue weighted by molar-refractivity contribution is 0.0551. The fourth-order valence-electron chi connectivity index (χ4n) is 2.56. The van der Waals surface area contributed by atoms with Gasteiger partial charge in [0.05, 0.1) is 5.60 Å². The van der Waals surface area contributed by atoms with Crippen molar-refractivity contribution in [2.75, 3.05) is 39.9 Å². The summed E-state index contributed by atoms with van der Waals surface area (Å²) < 4.78 is 5.21. The first kappa shape index (κ1) is 15.9. The van der Waals surface area contributed by atoms with Crippen molar-refractivity contribution >= 4 is 0 Å². The highest BCUT2D eigenvalue weighted by Crippen LogP contribution is 2.18. The highest BCUT2D eigenvalue weighted by atomic mass is 16.5. The van der Waals surface area contributed by atoms with E-state index in [0.717, 1.165) is 38.3 Å². The summed E-state index contributed by atoms with van der Waals surface area (Å²) in [6.45, 7) is 6.63. The zero-order valence-corrected chi connectivity index (χ0v) is 12.0. The molecule has 4 heteroatoms. The summed E-state index contributed by atoms with van der Waals surface area (Å²) in [6.07, 6.45) is 5.54. The van der Waals surface area contributed by atoms with E-state index in [0.29, 0.717) is 6.54 Å². The Hall–Kier alpha value is -0.160. The molecule has 0 spiro atoms. The average Bonchev–Trinajstić information content (AvgIpc) is 2.37. The van der Waals surface area contributed by atoms with Crippen LogP contribution in [0.3, 0.4) is 0 Å². The number of hydrogen-bond acceptors (Lipinski definition) is 4. The molecule has 1 rings (SSSR count). The molecule has 3 N–H and O–H groups in total. The maximum absolute atomic E-state index is 9.80. The van der Waals surface area contributed by atoms with Crippen molar-refractivity contribution in [3.05, 3.63) is 0 Å². The van der Waals surface area contributed by atoms with Gasteiger partial charge in [-0.2, -0.15) is 0 Å². The van der Waals surface area contributed by atoms with Gasteiger partial charge in [-0.05, 0) is 64.6 Å². The van der Waals surface area contributed by atoms with Crippen LogP contribution in [-0.2, 0) is 4.74 Å². The van der Waals surface area contributed by atoms with E-state index in [1.54, 1.807) is 7.11 Å². The summed E-state index contributed by atoms with van der Waals surface area (Å²) in [4.78, 5) is 2.53. The molecule has 0 aromatic rings. The molecule has 1 saturated heterocycles. The van der Waals surface area contributed by atoms with Gasteiger partial charge in [-0.25, -0.2) is 0 Å². The molecule has 18 heavy (non-hydrogen) atoms. The molecule has 0 bridgehead atoms. The molecular formula is C14H30N2O2. The van der Waals surface area contributed by atoms with Crippen molar-refractivity contribution in [3.8, 4) is 0 Å². The quantitative estimate of drug-likeness (QED) is 0.643. The molecule has 1 aliphatic heterocycles. The minimum Gasteiger partial charge on any atom is -0.389 e. The van der Waals surface area contributed by atoms with Gasteiger partial charge >= 0.3 is 0 Å². The number of piperidine rings is 1. The van der Waals surface area contributed by atoms with Crippen LogP contribution in [-0.4, -0.2) is 55.5 Å². The summed E-state index contributed by atoms with van der Waals surface area (Å²) >= 11 is 0. The Balaban J connectivity index is 2.04. The van der Waals surface area contributed by atoms with E-state index in [4.69, 9.17) is 10.5 Å². The Labute approximate surface area is 111 Å². The first-order valence-corrected chi connectivity index (χ1v) is 7.21. The van der Waals surface area contributed by atoms with E-state index in [1.165, 1.54) is 25.9 Å². The van der Waals surface area contributed by atoms with Gasteiger partial charge in [0.1, 0.15) is 0 Å². The summed E-state index contributed by atoms with van der Waals surface area (Å²) in [5, 5.41) is 9.80. The van der Waals surface area contributed by atoms with Crippen LogP contribution < -0.4 is 5.73 Å². The van der Waals surface area contributed by atoms with Crippen LogP contribution in [0.2, 0.25) is 0 Å². The van der Waals surface area contributed by atoms with Crippen molar-refractivity contribution in [2.45, 2.75) is 44.6 Å². The van der Waals surface area contributed by atoms with E-state index in [9.17, 15) is 5.11 Å². The van der Waals surface area contributed by atoms with Gasteiger partial charge in [-0.1, -0.05) is 0 Å². The highest BCUT2D eigenvalue weighted by molar-refractivity contribution is 4.75. The highest BCUT2D eigenvalue weighted by Gasteiger charge is 2.20. The van der Waals surface area contributed by atoms with Crippen LogP contribution in [0.1, 0.15) is 39.0 Å². The smallest absolute Gasteiger partial charge is 0.0741 e. The number of likely N-dealkylation sites (tertiary alicyclic amines) is 1. The lowest BCUT2D eigenvalue weighted by atomic mass is 9.96. The number of methoxy groups -OCH3 is 1. The third kappa shape index (κ3) is 6.14. The molecule has 0 aliphatic carbocycles. The molecule has 0 radical (unpaired) electrons. The van der Waals surface area contributed by atoms with Crippen molar-refractivity contribution in [1.29, 1.82) is 0 Å². The zero-order valence-electron chi connectivity index (χ0n) is 12.0. The van der Waals surface area contributed by atoms with Crippen molar-refractivity contribution in [2.24, 2.45) is 11.7 Å². The Bertz CT molecular complexity index is 214. The third-order valence-electron chi connectivity index (χ3n) is 3.99. The molecule has 1 aliphatic rings. The number of aliphatic hydroxyl groups is 1. The van der Waals surface area contributed by atoms with E-state index < -0.39 is 5.60 Å². The number of unbranched alkanes of at least 4 members (excludes halogenated alkanes) is 1. The van der Waals surface area contributed by atoms with Crippen LogP contribution in [0.5, 0.6) is 0 Å². The Kier molecular flexibility index (Phi) is 7.15. The molecular weight excluding hydrogens is 228 g/mol. The number of hydrogen-bond donors (Lipinski definition) is 2. The van der Waals surface area contributed by atoms with Crippen LogP contribution in [0.4, 0.5) is 0 Å². The van der Waals surface area contributed by atoms with Gasteiger partial charge in [0.25, 0.3) is 0 Å². The van der Waals surface area contributed by atoms with E-state index in [-0.39, 0.29) is 0 Å². The number of nitrogens with two attached hydrogens (primary N) is 1. The zero-order chi connectivity index (χ0) is 13.4. The average molecular weight is 258 g/mol. The number of nitrogens with zero attached hydrogens (tertiary/aromatic N) is 1. The third-order valence-corrected chi connectivity index (χ3v) is 3.99. The van der Waals surface area contributed by atoms with Gasteiger partial charge in [0.15, 0.2) is 0 Å². The fourth-order valence-corrected chi connectivity index (χ4v) is 2.56. The summed E-state index contributed by atoms with van der Waals surface area (Å²) in [5.74, 6) is 0.754. The molecule has 4 nitrogen and oxygen atoms in total. The first-order valence-electron chi connectivity index (χ1n) is 7.21. The second kappa shape index (κ2) is 8.10. The van der Waals surface area contributed by atoms with Gasteiger partial charge < -0.3 is 20.5 Å². The van der Waals surface area contributed by atoms with Crippen molar-refractivity contribution in [3.63, 3.8) is 0 Å². The van der Waals surface area contributed by atoms with Crippen LogP contribution >= 0.6 is 0 Å². The molecule has 108 valence electrons. The largest absolute Gasteiger partial charge is 0.389 e. The Morgan fingerprint density at radius 2 is 2.00 bits per heavy atom. The second-order valence-corrected chi connectivity index (χ2v) is 5.90. The van der Waals surface area contributed by atoms with Crippen molar-refractivity contribution < 1.29 is 9.84 Å². The molecule has 0 aromatic heterocycles. The Morgan fingerprint density at radius 3 is 2.56 bits per heavy atom. The van der Waals surface area contributed by atoms with E-state index in [2.05, 4.69) is 4.90 Å². The summed E-state index contributed by atoms with van der Waals surface area (Å²) in [5.41, 5.74) is 4.83. The number of rotatable bonds is 8. The normalized spacial score (nSPS) is 22.0. The Morgan fingerprint density at radius 1 is 1.33 bits per heavy atom. The molecule has 1 atom stereocenters. The van der Waals surface area contributed by atoms with Crippen LogP contribution in [0.25, 0.3) is 0 Å². The minimum absolute atomic E-state index is 0.357. The second-order valence-electron chi connectivity index (χ2n) is 5.90. The monoisotopic (exact) mass is 258 g/mol. The fraction of sp³-hybridized carbons (Fsp3) is 1.00. The maximum Gasteiger partial charge on any atom is 0.0741 e. The van der Waals surface area contributed by atoms with Gasteiger partial charge in [0, 0.05) is 20.3 Å². The van der Waals surface area contributed by atoms with Crippen LogP contribution in [0, 0.1) is 5.92 Å². The molecule has 1 heterocycles. The molecule has 0 saturated carbocycles. The topological polar surface area (TPSA) is 58.7 Å². The summed E-state index contributed by atoms with van der Waals surface area (Å²) in [7, 11) is 1.79. The number of ether oxygens (including phenoxy) is 1. The van der Waals surface area contributed by atoms with Crippen molar-refractivity contribution in [1.82, 2.24) is 4.90 Å². The van der Waals surface area contributed by atoms with Gasteiger partial charge in [0.2, 0.25) is 0 Å². The lowest BCUT2D eigenvalue weighted by Gasteiger charge is -2.31. The molecule has 1 fully saturated rings. The van der Waals surface area contributed by atoms with Gasteiger partial charge in [-0.3, -0.25) is 0 Å². The summed E-state index contributed by atoms with van der Waals surface area (Å²) in [6, 6.07) is 0. The van der Waals surface area contributed by atoms with E-state index in [1.807, 2.05) is 6.92 Å². The van der Waals surface area contributed by atoms with Gasteiger partial charge in [-0.15, -0.1) is 0 Å². The van der Waals surface area contributed by atoms with E-state index >= 15 is 0 Å². The molecule has 1 unspecified atom stereocenters. The first-order chi connectivity index (χ1) is 8.57. The molecule has 0 aromatic carbocycles.